The van der Waals surface area contributed by atoms with Crippen molar-refractivity contribution in [2.24, 2.45) is 5.73 Å². The highest BCUT2D eigenvalue weighted by Gasteiger charge is 2.33. The SMILES string of the molecule is CNC(=O)NC(=O)CN1c2ccccc2[C@@H](C(N)=O)C[C@@H]1C. The minimum Gasteiger partial charge on any atom is -0.369 e. The number of hydrogen-bond donors (Lipinski definition) is 3. The molecule has 0 spiro atoms. The number of imide groups is 1. The third kappa shape index (κ3) is 3.19. The molecule has 1 heterocycles. The molecular formula is C15H20N4O3. The van der Waals surface area contributed by atoms with E-state index in [1.807, 2.05) is 36.1 Å². The second-order valence-corrected chi connectivity index (χ2v) is 5.35. The number of amides is 4. The van der Waals surface area contributed by atoms with Crippen LogP contribution in [0.4, 0.5) is 10.5 Å². The van der Waals surface area contributed by atoms with Crippen LogP contribution in [0.2, 0.25) is 0 Å². The molecule has 1 aromatic carbocycles. The number of rotatable bonds is 3. The van der Waals surface area contributed by atoms with Gasteiger partial charge in [-0.05, 0) is 25.0 Å². The zero-order chi connectivity index (χ0) is 16.3. The van der Waals surface area contributed by atoms with E-state index in [4.69, 9.17) is 5.73 Å². The summed E-state index contributed by atoms with van der Waals surface area (Å²) in [5, 5.41) is 4.57. The second-order valence-electron chi connectivity index (χ2n) is 5.35. The van der Waals surface area contributed by atoms with Crippen molar-refractivity contribution in [3.05, 3.63) is 29.8 Å². The molecule has 1 aliphatic rings. The number of carbonyl (C=O) groups excluding carboxylic acids is 3. The van der Waals surface area contributed by atoms with Gasteiger partial charge in [0, 0.05) is 18.8 Å². The van der Waals surface area contributed by atoms with Crippen molar-refractivity contribution in [3.8, 4) is 0 Å². The third-order valence-electron chi connectivity index (χ3n) is 3.87. The van der Waals surface area contributed by atoms with Gasteiger partial charge in [-0.25, -0.2) is 4.79 Å². The Morgan fingerprint density at radius 1 is 1.32 bits per heavy atom. The lowest BCUT2D eigenvalue weighted by atomic mass is 9.85. The largest absolute Gasteiger partial charge is 0.369 e. The molecule has 2 rings (SSSR count). The van der Waals surface area contributed by atoms with Gasteiger partial charge >= 0.3 is 6.03 Å². The first kappa shape index (κ1) is 15.8. The maximum Gasteiger partial charge on any atom is 0.321 e. The van der Waals surface area contributed by atoms with Crippen molar-refractivity contribution in [3.63, 3.8) is 0 Å². The smallest absolute Gasteiger partial charge is 0.321 e. The summed E-state index contributed by atoms with van der Waals surface area (Å²) in [5.74, 6) is -1.13. The lowest BCUT2D eigenvalue weighted by Gasteiger charge is -2.39. The summed E-state index contributed by atoms with van der Waals surface area (Å²) in [6, 6.07) is 6.81. The maximum absolute atomic E-state index is 11.9. The molecule has 0 saturated carbocycles. The molecule has 0 radical (unpaired) electrons. The number of nitrogens with zero attached hydrogens (tertiary/aromatic N) is 1. The lowest BCUT2D eigenvalue weighted by molar-refractivity contribution is -0.119. The number of fused-ring (bicyclic) bond motifs is 1. The molecule has 22 heavy (non-hydrogen) atoms. The molecule has 4 N–H and O–H groups in total. The quantitative estimate of drug-likeness (QED) is 0.747. The number of anilines is 1. The number of carbonyl (C=O) groups is 3. The van der Waals surface area contributed by atoms with Gasteiger partial charge in [0.15, 0.2) is 0 Å². The Morgan fingerprint density at radius 3 is 2.64 bits per heavy atom. The Kier molecular flexibility index (Phi) is 4.65. The molecule has 1 aromatic rings. The number of primary amides is 1. The van der Waals surface area contributed by atoms with Crippen molar-refractivity contribution in [1.82, 2.24) is 10.6 Å². The van der Waals surface area contributed by atoms with E-state index in [9.17, 15) is 14.4 Å². The predicted molar refractivity (Wildman–Crippen MR) is 82.4 cm³/mol. The van der Waals surface area contributed by atoms with Crippen LogP contribution in [0.15, 0.2) is 24.3 Å². The van der Waals surface area contributed by atoms with E-state index in [0.717, 1.165) is 11.3 Å². The van der Waals surface area contributed by atoms with Crippen LogP contribution in [0.1, 0.15) is 24.8 Å². The van der Waals surface area contributed by atoms with Gasteiger partial charge in [0.2, 0.25) is 11.8 Å². The van der Waals surface area contributed by atoms with Crippen LogP contribution in [0.5, 0.6) is 0 Å². The summed E-state index contributed by atoms with van der Waals surface area (Å²) in [6.07, 6.45) is 0.541. The zero-order valence-corrected chi connectivity index (χ0v) is 12.6. The molecule has 0 unspecified atom stereocenters. The van der Waals surface area contributed by atoms with Gasteiger partial charge in [-0.15, -0.1) is 0 Å². The summed E-state index contributed by atoms with van der Waals surface area (Å²) >= 11 is 0. The normalized spacial score (nSPS) is 20.0. The predicted octanol–water partition coefficient (Wildman–Crippen LogP) is 0.310. The standard InChI is InChI=1S/C15H20N4O3/c1-9-7-11(14(16)21)10-5-3-4-6-12(10)19(9)8-13(20)18-15(22)17-2/h3-6,9,11H,7-8H2,1-2H3,(H2,16,21)(H2,17,18,20,22)/t9-,11-/m0/s1. The number of urea groups is 1. The number of hydrogen-bond acceptors (Lipinski definition) is 4. The topological polar surface area (TPSA) is 105 Å². The van der Waals surface area contributed by atoms with Crippen molar-refractivity contribution in [1.29, 1.82) is 0 Å². The Morgan fingerprint density at radius 2 is 2.00 bits per heavy atom. The van der Waals surface area contributed by atoms with Gasteiger partial charge in [0.05, 0.1) is 12.5 Å². The van der Waals surface area contributed by atoms with Gasteiger partial charge in [-0.3, -0.25) is 14.9 Å². The van der Waals surface area contributed by atoms with Crippen LogP contribution in [-0.2, 0) is 9.59 Å². The number of nitrogens with two attached hydrogens (primary N) is 1. The fourth-order valence-corrected chi connectivity index (χ4v) is 2.77. The molecule has 0 aromatic heterocycles. The molecule has 7 nitrogen and oxygen atoms in total. The molecule has 7 heteroatoms. The highest BCUT2D eigenvalue weighted by molar-refractivity contribution is 5.96. The summed E-state index contributed by atoms with van der Waals surface area (Å²) in [5.41, 5.74) is 7.11. The maximum atomic E-state index is 11.9. The minimum absolute atomic E-state index is 0.0388. The van der Waals surface area contributed by atoms with Crippen LogP contribution in [0, 0.1) is 0 Å². The molecule has 0 saturated heterocycles. The first-order valence-corrected chi connectivity index (χ1v) is 7.10. The molecule has 0 fully saturated rings. The Labute approximate surface area is 128 Å². The molecule has 2 atom stereocenters. The summed E-state index contributed by atoms with van der Waals surface area (Å²) in [6.45, 7) is 1.97. The first-order chi connectivity index (χ1) is 10.4. The van der Waals surface area contributed by atoms with Crippen LogP contribution in [-0.4, -0.2) is 37.5 Å². The van der Waals surface area contributed by atoms with E-state index in [-0.39, 0.29) is 24.4 Å². The van der Waals surface area contributed by atoms with Crippen LogP contribution in [0.25, 0.3) is 0 Å². The molecule has 1 aliphatic heterocycles. The Hall–Kier alpha value is -2.57. The van der Waals surface area contributed by atoms with E-state index in [2.05, 4.69) is 10.6 Å². The molecule has 118 valence electrons. The Bertz CT molecular complexity index is 602. The van der Waals surface area contributed by atoms with E-state index in [1.165, 1.54) is 7.05 Å². The zero-order valence-electron chi connectivity index (χ0n) is 12.6. The van der Waals surface area contributed by atoms with Crippen molar-refractivity contribution in [2.75, 3.05) is 18.5 Å². The monoisotopic (exact) mass is 304 g/mol. The van der Waals surface area contributed by atoms with Gasteiger partial charge in [0.1, 0.15) is 0 Å². The highest BCUT2D eigenvalue weighted by Crippen LogP contribution is 2.37. The molecular weight excluding hydrogens is 284 g/mol. The first-order valence-electron chi connectivity index (χ1n) is 7.10. The minimum atomic E-state index is -0.544. The lowest BCUT2D eigenvalue weighted by Crippen LogP contribution is -2.48. The second kappa shape index (κ2) is 6.46. The van der Waals surface area contributed by atoms with Gasteiger partial charge in [-0.1, -0.05) is 18.2 Å². The third-order valence-corrected chi connectivity index (χ3v) is 3.87. The average Bonchev–Trinajstić information content (AvgIpc) is 2.49. The van der Waals surface area contributed by atoms with E-state index < -0.39 is 11.9 Å². The van der Waals surface area contributed by atoms with Crippen LogP contribution >= 0.6 is 0 Å². The van der Waals surface area contributed by atoms with Crippen LogP contribution < -0.4 is 21.3 Å². The number of benzene rings is 1. The summed E-state index contributed by atoms with van der Waals surface area (Å²) in [7, 11) is 1.44. The number of para-hydroxylation sites is 1. The molecule has 0 bridgehead atoms. The van der Waals surface area contributed by atoms with Crippen molar-refractivity contribution >= 4 is 23.5 Å². The fourth-order valence-electron chi connectivity index (χ4n) is 2.77. The van der Waals surface area contributed by atoms with E-state index >= 15 is 0 Å². The highest BCUT2D eigenvalue weighted by atomic mass is 16.2. The van der Waals surface area contributed by atoms with Crippen molar-refractivity contribution in [2.45, 2.75) is 25.3 Å². The number of nitrogens with one attached hydrogen (secondary N) is 2. The van der Waals surface area contributed by atoms with Gasteiger partial charge < -0.3 is 16.0 Å². The summed E-state index contributed by atoms with van der Waals surface area (Å²) < 4.78 is 0. The van der Waals surface area contributed by atoms with Crippen LogP contribution in [0.3, 0.4) is 0 Å². The van der Waals surface area contributed by atoms with Gasteiger partial charge in [0.25, 0.3) is 0 Å². The fraction of sp³-hybridized carbons (Fsp3) is 0.400. The van der Waals surface area contributed by atoms with Crippen molar-refractivity contribution < 1.29 is 14.4 Å². The molecule has 4 amide bonds. The average molecular weight is 304 g/mol. The van der Waals surface area contributed by atoms with Gasteiger partial charge in [-0.2, -0.15) is 0 Å². The summed E-state index contributed by atoms with van der Waals surface area (Å²) in [4.78, 5) is 36.7. The molecule has 0 aliphatic carbocycles. The van der Waals surface area contributed by atoms with E-state index in [0.29, 0.717) is 6.42 Å². The van der Waals surface area contributed by atoms with E-state index in [1.54, 1.807) is 0 Å². The Balaban J connectivity index is 2.24.